The van der Waals surface area contributed by atoms with Crippen molar-refractivity contribution in [2.75, 3.05) is 6.54 Å². The average molecular weight is 292 g/mol. The Kier molecular flexibility index (Phi) is 4.65. The van der Waals surface area contributed by atoms with Gasteiger partial charge in [-0.25, -0.2) is 0 Å². The molecule has 21 heavy (non-hydrogen) atoms. The van der Waals surface area contributed by atoms with E-state index in [0.717, 1.165) is 24.4 Å². The fraction of sp³-hybridized carbons (Fsp3) is 0.667. The second-order valence-corrected chi connectivity index (χ2v) is 5.78. The summed E-state index contributed by atoms with van der Waals surface area (Å²) in [4.78, 5) is 25.9. The van der Waals surface area contributed by atoms with Gasteiger partial charge in [-0.3, -0.25) is 14.3 Å². The van der Waals surface area contributed by atoms with Crippen molar-refractivity contribution >= 4 is 11.8 Å². The van der Waals surface area contributed by atoms with Crippen molar-refractivity contribution < 1.29 is 9.59 Å². The number of hydrogen-bond acceptors (Lipinski definition) is 3. The first-order valence-corrected chi connectivity index (χ1v) is 7.60. The van der Waals surface area contributed by atoms with Crippen molar-refractivity contribution in [2.24, 2.45) is 5.92 Å². The zero-order chi connectivity index (χ0) is 15.6. The predicted molar refractivity (Wildman–Crippen MR) is 79.5 cm³/mol. The van der Waals surface area contributed by atoms with E-state index in [1.165, 1.54) is 0 Å². The van der Waals surface area contributed by atoms with E-state index in [2.05, 4.69) is 17.3 Å². The van der Waals surface area contributed by atoms with Crippen molar-refractivity contribution in [3.8, 4) is 0 Å². The first-order chi connectivity index (χ1) is 9.96. The molecule has 6 nitrogen and oxygen atoms in total. The minimum Gasteiger partial charge on any atom is -0.343 e. The van der Waals surface area contributed by atoms with Crippen LogP contribution in [0, 0.1) is 5.92 Å². The Hall–Kier alpha value is -1.85. The lowest BCUT2D eigenvalue weighted by molar-refractivity contribution is -0.146. The molecule has 1 saturated heterocycles. The van der Waals surface area contributed by atoms with Crippen LogP contribution in [0.5, 0.6) is 0 Å². The van der Waals surface area contributed by atoms with Gasteiger partial charge < -0.3 is 10.2 Å². The highest BCUT2D eigenvalue weighted by Crippen LogP contribution is 2.15. The van der Waals surface area contributed by atoms with E-state index in [0.29, 0.717) is 6.54 Å². The van der Waals surface area contributed by atoms with Crippen LogP contribution in [0.1, 0.15) is 39.1 Å². The van der Waals surface area contributed by atoms with Gasteiger partial charge >= 0.3 is 0 Å². The fourth-order valence-electron chi connectivity index (χ4n) is 2.60. The van der Waals surface area contributed by atoms with Gasteiger partial charge in [-0.05, 0) is 25.3 Å². The molecule has 2 rings (SSSR count). The van der Waals surface area contributed by atoms with E-state index in [1.54, 1.807) is 4.90 Å². The number of aromatic nitrogens is 2. The summed E-state index contributed by atoms with van der Waals surface area (Å²) in [6.45, 7) is 9.29. The summed E-state index contributed by atoms with van der Waals surface area (Å²) in [6.07, 6.45) is 0.864. The Morgan fingerprint density at radius 1 is 1.38 bits per heavy atom. The third-order valence-corrected chi connectivity index (χ3v) is 3.82. The maximum Gasteiger partial charge on any atom is 0.246 e. The quantitative estimate of drug-likeness (QED) is 0.878. The third kappa shape index (κ3) is 3.25. The molecule has 116 valence electrons. The number of amides is 2. The molecule has 0 spiro atoms. The topological polar surface area (TPSA) is 67.2 Å². The molecule has 0 bridgehead atoms. The van der Waals surface area contributed by atoms with Crippen LogP contribution in [0.4, 0.5) is 0 Å². The molecule has 1 aromatic rings. The van der Waals surface area contributed by atoms with Crippen molar-refractivity contribution in [1.82, 2.24) is 20.0 Å². The Labute approximate surface area is 125 Å². The van der Waals surface area contributed by atoms with E-state index >= 15 is 0 Å². The van der Waals surface area contributed by atoms with Crippen molar-refractivity contribution in [3.05, 3.63) is 17.5 Å². The Morgan fingerprint density at radius 2 is 2.10 bits per heavy atom. The lowest BCUT2D eigenvalue weighted by Gasteiger charge is -2.34. The van der Waals surface area contributed by atoms with Crippen LogP contribution in [-0.4, -0.2) is 39.1 Å². The number of carbonyl (C=O) groups is 2. The normalized spacial score (nSPS) is 19.3. The Bertz CT molecular complexity index is 536. The molecule has 1 atom stereocenters. The monoisotopic (exact) mass is 292 g/mol. The highest BCUT2D eigenvalue weighted by molar-refractivity contribution is 5.94. The zero-order valence-corrected chi connectivity index (χ0v) is 13.2. The smallest absolute Gasteiger partial charge is 0.246 e. The molecule has 2 heterocycles. The summed E-state index contributed by atoms with van der Waals surface area (Å²) in [6, 6.07) is 1.60. The number of carbonyl (C=O) groups excluding carboxylic acids is 2. The van der Waals surface area contributed by atoms with Gasteiger partial charge in [0.2, 0.25) is 11.8 Å². The van der Waals surface area contributed by atoms with E-state index < -0.39 is 6.04 Å². The summed E-state index contributed by atoms with van der Waals surface area (Å²) >= 11 is 0. The van der Waals surface area contributed by atoms with Crippen LogP contribution in [0.25, 0.3) is 0 Å². The maximum absolute atomic E-state index is 12.5. The lowest BCUT2D eigenvalue weighted by Crippen LogP contribution is -2.59. The SMILES string of the molecule is CCc1cc(CN2CC(=O)NC(C(C)C)C2=O)n(CC)n1. The van der Waals surface area contributed by atoms with Gasteiger partial charge in [-0.2, -0.15) is 5.10 Å². The minimum atomic E-state index is -0.421. The highest BCUT2D eigenvalue weighted by Gasteiger charge is 2.34. The molecular formula is C15H24N4O2. The fourth-order valence-corrected chi connectivity index (χ4v) is 2.60. The molecule has 0 aliphatic carbocycles. The van der Waals surface area contributed by atoms with Crippen LogP contribution < -0.4 is 5.32 Å². The summed E-state index contributed by atoms with van der Waals surface area (Å²) < 4.78 is 1.91. The summed E-state index contributed by atoms with van der Waals surface area (Å²) in [5.74, 6) is -0.00961. The number of hydrogen-bond donors (Lipinski definition) is 1. The molecule has 1 aliphatic heterocycles. The molecule has 2 amide bonds. The number of piperazine rings is 1. The molecule has 1 N–H and O–H groups in total. The molecule has 1 unspecified atom stereocenters. The number of nitrogens with one attached hydrogen (secondary N) is 1. The summed E-state index contributed by atoms with van der Waals surface area (Å²) in [5, 5.41) is 7.26. The van der Waals surface area contributed by atoms with Gasteiger partial charge in [0.25, 0.3) is 0 Å². The van der Waals surface area contributed by atoms with Crippen LogP contribution in [0.2, 0.25) is 0 Å². The van der Waals surface area contributed by atoms with Crippen LogP contribution >= 0.6 is 0 Å². The van der Waals surface area contributed by atoms with Gasteiger partial charge in [-0.15, -0.1) is 0 Å². The van der Waals surface area contributed by atoms with E-state index in [-0.39, 0.29) is 24.3 Å². The molecule has 0 aromatic carbocycles. The van der Waals surface area contributed by atoms with Crippen LogP contribution in [0.15, 0.2) is 6.07 Å². The first kappa shape index (κ1) is 15.5. The molecular weight excluding hydrogens is 268 g/mol. The third-order valence-electron chi connectivity index (χ3n) is 3.82. The first-order valence-electron chi connectivity index (χ1n) is 7.60. The van der Waals surface area contributed by atoms with Gasteiger partial charge in [0, 0.05) is 6.54 Å². The predicted octanol–water partition coefficient (Wildman–Crippen LogP) is 0.948. The minimum absolute atomic E-state index is 0.00787. The molecule has 1 fully saturated rings. The number of rotatable bonds is 5. The standard InChI is InChI=1S/C15H24N4O2/c1-5-11-7-12(19(6-2)17-11)8-18-9-13(20)16-14(10(3)4)15(18)21/h7,10,14H,5-6,8-9H2,1-4H3,(H,16,20). The Balaban J connectivity index is 2.19. The van der Waals surface area contributed by atoms with E-state index in [4.69, 9.17) is 0 Å². The van der Waals surface area contributed by atoms with Gasteiger partial charge in [-0.1, -0.05) is 20.8 Å². The molecule has 6 heteroatoms. The van der Waals surface area contributed by atoms with E-state index in [1.807, 2.05) is 31.5 Å². The van der Waals surface area contributed by atoms with Gasteiger partial charge in [0.1, 0.15) is 12.6 Å². The van der Waals surface area contributed by atoms with Crippen molar-refractivity contribution in [1.29, 1.82) is 0 Å². The van der Waals surface area contributed by atoms with Crippen LogP contribution in [-0.2, 0) is 29.1 Å². The second-order valence-electron chi connectivity index (χ2n) is 5.78. The molecule has 1 aliphatic rings. The van der Waals surface area contributed by atoms with E-state index in [9.17, 15) is 9.59 Å². The van der Waals surface area contributed by atoms with Crippen LogP contribution in [0.3, 0.4) is 0 Å². The Morgan fingerprint density at radius 3 is 2.67 bits per heavy atom. The lowest BCUT2D eigenvalue weighted by atomic mass is 10.0. The maximum atomic E-state index is 12.5. The average Bonchev–Trinajstić information content (AvgIpc) is 2.84. The highest BCUT2D eigenvalue weighted by atomic mass is 16.2. The zero-order valence-electron chi connectivity index (χ0n) is 13.2. The summed E-state index contributed by atoms with van der Waals surface area (Å²) in [5.41, 5.74) is 2.00. The van der Waals surface area contributed by atoms with Gasteiger partial charge in [0.05, 0.1) is 17.9 Å². The molecule has 0 radical (unpaired) electrons. The van der Waals surface area contributed by atoms with Crippen molar-refractivity contribution in [2.45, 2.75) is 53.2 Å². The van der Waals surface area contributed by atoms with Crippen molar-refractivity contribution in [3.63, 3.8) is 0 Å². The number of aryl methyl sites for hydroxylation is 2. The molecule has 1 aromatic heterocycles. The second kappa shape index (κ2) is 6.28. The molecule has 0 saturated carbocycles. The summed E-state index contributed by atoms with van der Waals surface area (Å²) in [7, 11) is 0. The number of nitrogens with zero attached hydrogens (tertiary/aromatic N) is 3. The largest absolute Gasteiger partial charge is 0.343 e. The van der Waals surface area contributed by atoms with Gasteiger partial charge in [0.15, 0.2) is 0 Å².